The average Bonchev–Trinajstić information content (AvgIpc) is 3.67. The van der Waals surface area contributed by atoms with Crippen LogP contribution in [0.15, 0.2) is 23.6 Å². The number of nitriles is 1. The van der Waals surface area contributed by atoms with E-state index in [-0.39, 0.29) is 69.2 Å². The van der Waals surface area contributed by atoms with Gasteiger partial charge < -0.3 is 20.7 Å². The number of aromatic nitrogens is 2. The van der Waals surface area contributed by atoms with Crippen molar-refractivity contribution >= 4 is 43.8 Å². The van der Waals surface area contributed by atoms with Gasteiger partial charge in [-0.05, 0) is 69.8 Å². The Kier molecular flexibility index (Phi) is 6.87. The summed E-state index contributed by atoms with van der Waals surface area (Å²) >= 11 is 1.12. The molecule has 0 amide bonds. The lowest BCUT2D eigenvalue weighted by Crippen LogP contribution is -2.51. The van der Waals surface area contributed by atoms with Crippen LogP contribution in [0.3, 0.4) is 0 Å². The minimum atomic E-state index is -4.91. The van der Waals surface area contributed by atoms with Crippen LogP contribution in [0.5, 0.6) is 6.01 Å². The lowest BCUT2D eigenvalue weighted by atomic mass is 9.93. The van der Waals surface area contributed by atoms with Gasteiger partial charge in [0, 0.05) is 51.8 Å². The molecule has 8 nitrogen and oxygen atoms in total. The van der Waals surface area contributed by atoms with Crippen LogP contribution in [-0.2, 0) is 6.18 Å². The van der Waals surface area contributed by atoms with Crippen molar-refractivity contribution in [2.75, 3.05) is 43.9 Å². The molecule has 0 saturated carbocycles. The predicted octanol–water partition coefficient (Wildman–Crippen LogP) is 5.93. The topological polar surface area (TPSA) is 103 Å². The first-order chi connectivity index (χ1) is 21.0. The molecule has 3 fully saturated rings. The zero-order valence-electron chi connectivity index (χ0n) is 24.3. The van der Waals surface area contributed by atoms with Crippen LogP contribution >= 0.6 is 11.3 Å². The summed E-state index contributed by atoms with van der Waals surface area (Å²) in [6, 6.07) is 6.32. The fraction of sp³-hybridized carbons (Fsp3) is 0.452. The molecule has 44 heavy (non-hydrogen) atoms. The molecule has 3 aliphatic rings. The predicted molar refractivity (Wildman–Crippen MR) is 162 cm³/mol. The van der Waals surface area contributed by atoms with E-state index in [1.165, 1.54) is 11.4 Å². The standard InChI is InChI=1S/C31H31F4N7OS/c1-30(8-3-9-41(30)2)15-43-29-39-27-18(28(40-29)42-12-16-4-5-17(13-42)38-16)10-21(31(33,34)35)25(26(27)32)20-14-44-23-7-6-22(37)19(11-36)24(20)23/h6-7,10,14,16-17,38H,3-5,8-9,12-13,15,37H2,1-2H3/t16?,17?,30-/m0/s1. The van der Waals surface area contributed by atoms with Crippen LogP contribution < -0.4 is 20.7 Å². The van der Waals surface area contributed by atoms with E-state index in [1.54, 1.807) is 6.07 Å². The molecule has 3 aliphatic heterocycles. The van der Waals surface area contributed by atoms with Crippen molar-refractivity contribution in [2.24, 2.45) is 0 Å². The fourth-order valence-electron chi connectivity index (χ4n) is 6.96. The summed E-state index contributed by atoms with van der Waals surface area (Å²) in [5.41, 5.74) is 3.71. The van der Waals surface area contributed by atoms with Crippen molar-refractivity contribution < 1.29 is 22.3 Å². The largest absolute Gasteiger partial charge is 0.461 e. The second-order valence-corrected chi connectivity index (χ2v) is 13.3. The smallest absolute Gasteiger partial charge is 0.417 e. The number of alkyl halides is 3. The van der Waals surface area contributed by atoms with E-state index in [2.05, 4.69) is 27.1 Å². The molecule has 4 aromatic rings. The molecule has 3 N–H and O–H groups in total. The molecule has 2 aromatic heterocycles. The first-order valence-electron chi connectivity index (χ1n) is 14.6. The van der Waals surface area contributed by atoms with Gasteiger partial charge in [0.25, 0.3) is 0 Å². The quantitative estimate of drug-likeness (QED) is 0.208. The molecular formula is C31H31F4N7OS. The monoisotopic (exact) mass is 625 g/mol. The number of ether oxygens (including phenoxy) is 1. The third-order valence-electron chi connectivity index (χ3n) is 9.51. The molecule has 3 atom stereocenters. The van der Waals surface area contributed by atoms with Crippen molar-refractivity contribution in [1.82, 2.24) is 20.2 Å². The molecule has 230 valence electrons. The highest BCUT2D eigenvalue weighted by Crippen LogP contribution is 2.47. The number of anilines is 2. The van der Waals surface area contributed by atoms with Gasteiger partial charge >= 0.3 is 12.2 Å². The number of rotatable bonds is 5. The van der Waals surface area contributed by atoms with Gasteiger partial charge in [0.15, 0.2) is 5.82 Å². The summed E-state index contributed by atoms with van der Waals surface area (Å²) in [7, 11) is 2.01. The maximum atomic E-state index is 16.9. The fourth-order valence-corrected chi connectivity index (χ4v) is 7.92. The second-order valence-electron chi connectivity index (χ2n) is 12.4. The summed E-state index contributed by atoms with van der Waals surface area (Å²) in [6.45, 7) is 4.27. The molecule has 0 aliphatic carbocycles. The number of likely N-dealkylation sites (N-methyl/N-ethyl adjacent to an activating group) is 1. The normalized spacial score (nSPS) is 24.0. The lowest BCUT2D eigenvalue weighted by Gasteiger charge is -2.35. The van der Waals surface area contributed by atoms with Gasteiger partial charge in [0.1, 0.15) is 24.0 Å². The van der Waals surface area contributed by atoms with E-state index in [9.17, 15) is 18.4 Å². The number of likely N-dealkylation sites (tertiary alicyclic amines) is 1. The number of thiophene rings is 1. The van der Waals surface area contributed by atoms with E-state index >= 15 is 4.39 Å². The maximum Gasteiger partial charge on any atom is 0.417 e. The van der Waals surface area contributed by atoms with E-state index in [0.717, 1.165) is 49.6 Å². The minimum Gasteiger partial charge on any atom is -0.461 e. The van der Waals surface area contributed by atoms with E-state index in [4.69, 9.17) is 10.5 Å². The number of nitrogens with zero attached hydrogens (tertiary/aromatic N) is 5. The summed E-state index contributed by atoms with van der Waals surface area (Å²) in [4.78, 5) is 13.2. The minimum absolute atomic E-state index is 0.00369. The number of halogens is 4. The van der Waals surface area contributed by atoms with Crippen molar-refractivity contribution in [2.45, 2.75) is 56.4 Å². The summed E-state index contributed by atoms with van der Waals surface area (Å²) in [5, 5.41) is 14.9. The molecule has 2 unspecified atom stereocenters. The molecule has 3 saturated heterocycles. The third-order valence-corrected chi connectivity index (χ3v) is 10.5. The number of hydrogen-bond acceptors (Lipinski definition) is 9. The van der Waals surface area contributed by atoms with Crippen molar-refractivity contribution in [3.63, 3.8) is 0 Å². The van der Waals surface area contributed by atoms with Gasteiger partial charge in [0.2, 0.25) is 0 Å². The van der Waals surface area contributed by atoms with Crippen molar-refractivity contribution in [1.29, 1.82) is 5.26 Å². The zero-order valence-corrected chi connectivity index (χ0v) is 25.1. The van der Waals surface area contributed by atoms with Gasteiger partial charge in [-0.25, -0.2) is 4.39 Å². The first kappa shape index (κ1) is 29.0. The highest BCUT2D eigenvalue weighted by molar-refractivity contribution is 7.17. The Bertz CT molecular complexity index is 1820. The van der Waals surface area contributed by atoms with Crippen LogP contribution in [0.1, 0.15) is 43.7 Å². The van der Waals surface area contributed by atoms with E-state index < -0.39 is 23.1 Å². The molecule has 2 aromatic carbocycles. The van der Waals surface area contributed by atoms with E-state index in [1.807, 2.05) is 18.0 Å². The Morgan fingerprint density at radius 1 is 1.23 bits per heavy atom. The van der Waals surface area contributed by atoms with Crippen LogP contribution in [0.2, 0.25) is 0 Å². The number of hydrogen-bond donors (Lipinski definition) is 2. The van der Waals surface area contributed by atoms with Gasteiger partial charge in [-0.2, -0.15) is 28.4 Å². The molecule has 0 radical (unpaired) electrons. The Morgan fingerprint density at radius 2 is 1.98 bits per heavy atom. The number of benzene rings is 2. The first-order valence-corrected chi connectivity index (χ1v) is 15.5. The molecule has 7 rings (SSSR count). The summed E-state index contributed by atoms with van der Waals surface area (Å²) in [5.74, 6) is -0.918. The lowest BCUT2D eigenvalue weighted by molar-refractivity contribution is -0.137. The number of nitrogens with two attached hydrogens (primary N) is 1. The van der Waals surface area contributed by atoms with Gasteiger partial charge in [-0.15, -0.1) is 11.3 Å². The number of piperazine rings is 1. The van der Waals surface area contributed by atoms with Crippen LogP contribution in [0, 0.1) is 17.1 Å². The highest BCUT2D eigenvalue weighted by Gasteiger charge is 2.40. The summed E-state index contributed by atoms with van der Waals surface area (Å²) in [6.07, 6.45) is -1.12. The Labute approximate surface area is 255 Å². The van der Waals surface area contributed by atoms with Gasteiger partial charge in [0.05, 0.1) is 22.4 Å². The van der Waals surface area contributed by atoms with Gasteiger partial charge in [-0.1, -0.05) is 0 Å². The number of nitrogen functional groups attached to an aromatic ring is 1. The summed E-state index contributed by atoms with van der Waals surface area (Å²) < 4.78 is 68.0. The van der Waals surface area contributed by atoms with Crippen LogP contribution in [0.25, 0.3) is 32.1 Å². The number of fused-ring (bicyclic) bond motifs is 4. The highest BCUT2D eigenvalue weighted by atomic mass is 32.1. The van der Waals surface area contributed by atoms with Crippen molar-refractivity contribution in [3.8, 4) is 23.2 Å². The average molecular weight is 626 g/mol. The SMILES string of the molecule is CN1CCC[C@@]1(C)COc1nc(N2CC3CCC(C2)N3)c2cc(C(F)(F)F)c(-c3csc4ccc(N)c(C#N)c34)c(F)c2n1. The Balaban J connectivity index is 1.46. The Hall–Kier alpha value is -3.73. The van der Waals surface area contributed by atoms with Gasteiger partial charge in [-0.3, -0.25) is 4.90 Å². The number of nitrogens with one attached hydrogen (secondary N) is 1. The molecule has 0 spiro atoms. The molecule has 5 heterocycles. The zero-order chi connectivity index (χ0) is 31.0. The molecule has 13 heteroatoms. The van der Waals surface area contributed by atoms with Crippen LogP contribution in [-0.4, -0.2) is 65.8 Å². The van der Waals surface area contributed by atoms with E-state index in [0.29, 0.717) is 17.8 Å². The molecule has 2 bridgehead atoms. The third kappa shape index (κ3) is 4.71. The van der Waals surface area contributed by atoms with Crippen molar-refractivity contribution in [3.05, 3.63) is 40.5 Å². The molecular weight excluding hydrogens is 594 g/mol. The van der Waals surface area contributed by atoms with Crippen LogP contribution in [0.4, 0.5) is 29.1 Å². The Morgan fingerprint density at radius 3 is 2.64 bits per heavy atom. The second kappa shape index (κ2) is 10.4. The maximum absolute atomic E-state index is 16.9.